The quantitative estimate of drug-likeness (QED) is 0.493. The van der Waals surface area contributed by atoms with Crippen LogP contribution in [0, 0.1) is 10.1 Å². The number of amides is 1. The van der Waals surface area contributed by atoms with Crippen LogP contribution in [0.25, 0.3) is 0 Å². The van der Waals surface area contributed by atoms with Crippen LogP contribution >= 0.6 is 0 Å². The van der Waals surface area contributed by atoms with Crippen LogP contribution in [0.15, 0.2) is 12.3 Å². The summed E-state index contributed by atoms with van der Waals surface area (Å²) in [5.41, 5.74) is 0.0581. The van der Waals surface area contributed by atoms with E-state index < -0.39 is 22.8 Å². The number of methoxy groups -OCH3 is 1. The highest BCUT2D eigenvalue weighted by Crippen LogP contribution is 2.37. The number of carbonyl (C=O) groups is 2. The number of rotatable bonds is 5. The zero-order chi connectivity index (χ0) is 14.9. The van der Waals surface area contributed by atoms with Gasteiger partial charge in [0.05, 0.1) is 18.2 Å². The summed E-state index contributed by atoms with van der Waals surface area (Å²) in [4.78, 5) is 33.6. The maximum absolute atomic E-state index is 12.1. The molecular weight excluding hydrogens is 266 g/mol. The first-order valence-electron chi connectivity index (χ1n) is 6.19. The molecule has 1 aliphatic rings. The molecule has 1 unspecified atom stereocenters. The van der Waals surface area contributed by atoms with Crippen molar-refractivity contribution < 1.29 is 19.2 Å². The predicted octanol–water partition coefficient (Wildman–Crippen LogP) is 1.02. The van der Waals surface area contributed by atoms with Gasteiger partial charge in [-0.05, 0) is 19.8 Å². The lowest BCUT2D eigenvalue weighted by atomic mass is 10.3. The predicted molar refractivity (Wildman–Crippen MR) is 68.3 cm³/mol. The zero-order valence-corrected chi connectivity index (χ0v) is 11.2. The molecule has 1 aromatic rings. The van der Waals surface area contributed by atoms with Gasteiger partial charge in [0, 0.05) is 12.1 Å². The average molecular weight is 281 g/mol. The number of hydrogen-bond acceptors (Lipinski definition) is 5. The van der Waals surface area contributed by atoms with Gasteiger partial charge in [0.1, 0.15) is 11.7 Å². The molecule has 8 nitrogen and oxygen atoms in total. The molecule has 1 fully saturated rings. The Morgan fingerprint density at radius 2 is 2.20 bits per heavy atom. The summed E-state index contributed by atoms with van der Waals surface area (Å²) in [5.74, 6) is -1.10. The van der Waals surface area contributed by atoms with Crippen molar-refractivity contribution in [3.8, 4) is 0 Å². The van der Waals surface area contributed by atoms with Gasteiger partial charge < -0.3 is 14.6 Å². The first-order chi connectivity index (χ1) is 9.43. The van der Waals surface area contributed by atoms with E-state index in [0.29, 0.717) is 0 Å². The molecule has 0 spiro atoms. The fourth-order valence-corrected chi connectivity index (χ4v) is 1.91. The lowest BCUT2D eigenvalue weighted by molar-refractivity contribution is -0.384. The first-order valence-corrected chi connectivity index (χ1v) is 6.19. The molecular formula is C12H15N3O5. The minimum absolute atomic E-state index is 0.123. The first kappa shape index (κ1) is 14.0. The average Bonchev–Trinajstić information content (AvgIpc) is 3.15. The molecule has 0 bridgehead atoms. The van der Waals surface area contributed by atoms with E-state index >= 15 is 0 Å². The van der Waals surface area contributed by atoms with Gasteiger partial charge in [-0.3, -0.25) is 14.9 Å². The fraction of sp³-hybridized carbons (Fsp3) is 0.500. The maximum atomic E-state index is 12.1. The van der Waals surface area contributed by atoms with Crippen LogP contribution < -0.4 is 5.32 Å². The van der Waals surface area contributed by atoms with Gasteiger partial charge in [-0.2, -0.15) is 0 Å². The van der Waals surface area contributed by atoms with Crippen molar-refractivity contribution in [2.45, 2.75) is 31.8 Å². The van der Waals surface area contributed by atoms with Crippen molar-refractivity contribution in [2.24, 2.45) is 0 Å². The fourth-order valence-electron chi connectivity index (χ4n) is 1.91. The highest BCUT2D eigenvalue weighted by molar-refractivity contribution is 5.96. The van der Waals surface area contributed by atoms with E-state index in [1.807, 2.05) is 0 Å². The van der Waals surface area contributed by atoms with E-state index in [2.05, 4.69) is 10.1 Å². The summed E-state index contributed by atoms with van der Waals surface area (Å²) < 4.78 is 6.11. The number of nitrogens with one attached hydrogen (secondary N) is 1. The lowest BCUT2D eigenvalue weighted by Crippen LogP contribution is -2.39. The monoisotopic (exact) mass is 281 g/mol. The molecule has 1 atom stereocenters. The second-order valence-corrected chi connectivity index (χ2v) is 4.70. The number of ether oxygens (including phenoxy) is 1. The van der Waals surface area contributed by atoms with Crippen molar-refractivity contribution in [3.63, 3.8) is 0 Å². The third kappa shape index (κ3) is 2.79. The summed E-state index contributed by atoms with van der Waals surface area (Å²) in [6, 6.07) is 0.532. The van der Waals surface area contributed by atoms with Crippen molar-refractivity contribution >= 4 is 17.6 Å². The SMILES string of the molecule is COC(=O)C(C)NC(=O)c1cc([N+](=O)[O-])cn1C1CC1. The Morgan fingerprint density at radius 3 is 2.70 bits per heavy atom. The van der Waals surface area contributed by atoms with Crippen LogP contribution in [0.4, 0.5) is 5.69 Å². The number of hydrogen-bond donors (Lipinski definition) is 1. The molecule has 20 heavy (non-hydrogen) atoms. The Balaban J connectivity index is 2.20. The molecule has 0 aliphatic heterocycles. The largest absolute Gasteiger partial charge is 0.467 e. The van der Waals surface area contributed by atoms with Crippen molar-refractivity contribution in [1.82, 2.24) is 9.88 Å². The topological polar surface area (TPSA) is 103 Å². The van der Waals surface area contributed by atoms with E-state index in [-0.39, 0.29) is 17.4 Å². The van der Waals surface area contributed by atoms with Gasteiger partial charge >= 0.3 is 5.97 Å². The van der Waals surface area contributed by atoms with Gasteiger partial charge in [0.25, 0.3) is 11.6 Å². The van der Waals surface area contributed by atoms with Gasteiger partial charge in [-0.15, -0.1) is 0 Å². The van der Waals surface area contributed by atoms with E-state index in [9.17, 15) is 19.7 Å². The Bertz CT molecular complexity index is 561. The van der Waals surface area contributed by atoms with E-state index in [4.69, 9.17) is 0 Å². The number of nitrogens with zero attached hydrogens (tertiary/aromatic N) is 2. The van der Waals surface area contributed by atoms with Crippen molar-refractivity contribution in [1.29, 1.82) is 0 Å². The van der Waals surface area contributed by atoms with E-state index in [1.165, 1.54) is 26.3 Å². The maximum Gasteiger partial charge on any atom is 0.328 e. The molecule has 1 amide bonds. The minimum atomic E-state index is -0.811. The molecule has 1 aromatic heterocycles. The second-order valence-electron chi connectivity index (χ2n) is 4.70. The van der Waals surface area contributed by atoms with Gasteiger partial charge in [-0.1, -0.05) is 0 Å². The van der Waals surface area contributed by atoms with Crippen LogP contribution in [-0.2, 0) is 9.53 Å². The Morgan fingerprint density at radius 1 is 1.55 bits per heavy atom. The Kier molecular flexibility index (Phi) is 3.73. The molecule has 1 saturated carbocycles. The van der Waals surface area contributed by atoms with Crippen LogP contribution in [0.1, 0.15) is 36.3 Å². The molecule has 108 valence electrons. The van der Waals surface area contributed by atoms with Crippen molar-refractivity contribution in [2.75, 3.05) is 7.11 Å². The third-order valence-electron chi connectivity index (χ3n) is 3.12. The van der Waals surface area contributed by atoms with E-state index in [0.717, 1.165) is 12.8 Å². The standard InChI is InChI=1S/C12H15N3O5/c1-7(12(17)20-2)13-11(16)10-5-9(15(18)19)6-14(10)8-3-4-8/h5-8H,3-4H2,1-2H3,(H,13,16). The zero-order valence-electron chi connectivity index (χ0n) is 11.2. The number of carbonyl (C=O) groups excluding carboxylic acids is 2. The second kappa shape index (κ2) is 5.32. The molecule has 8 heteroatoms. The number of aromatic nitrogens is 1. The Labute approximate surface area is 114 Å². The molecule has 0 radical (unpaired) electrons. The normalized spacial score (nSPS) is 15.5. The molecule has 1 aliphatic carbocycles. The molecule has 1 heterocycles. The minimum Gasteiger partial charge on any atom is -0.467 e. The number of nitro groups is 1. The van der Waals surface area contributed by atoms with Crippen molar-refractivity contribution in [3.05, 3.63) is 28.1 Å². The Hall–Kier alpha value is -2.38. The van der Waals surface area contributed by atoms with Crippen LogP contribution in [0.3, 0.4) is 0 Å². The van der Waals surface area contributed by atoms with Crippen LogP contribution in [0.5, 0.6) is 0 Å². The summed E-state index contributed by atoms with van der Waals surface area (Å²) in [6.07, 6.45) is 3.13. The van der Waals surface area contributed by atoms with E-state index in [1.54, 1.807) is 4.57 Å². The van der Waals surface area contributed by atoms with Gasteiger partial charge in [-0.25, -0.2) is 4.79 Å². The summed E-state index contributed by atoms with van der Waals surface area (Å²) in [6.45, 7) is 1.49. The van der Waals surface area contributed by atoms with Crippen LogP contribution in [-0.4, -0.2) is 34.5 Å². The number of esters is 1. The highest BCUT2D eigenvalue weighted by Gasteiger charge is 2.31. The summed E-state index contributed by atoms with van der Waals surface area (Å²) in [7, 11) is 1.22. The lowest BCUT2D eigenvalue weighted by Gasteiger charge is -2.12. The summed E-state index contributed by atoms with van der Waals surface area (Å²) >= 11 is 0. The highest BCUT2D eigenvalue weighted by atomic mass is 16.6. The van der Waals surface area contributed by atoms with Crippen LogP contribution in [0.2, 0.25) is 0 Å². The molecule has 0 saturated heterocycles. The van der Waals surface area contributed by atoms with Gasteiger partial charge in [0.15, 0.2) is 0 Å². The third-order valence-corrected chi connectivity index (χ3v) is 3.12. The van der Waals surface area contributed by atoms with Gasteiger partial charge in [0.2, 0.25) is 0 Å². The summed E-state index contributed by atoms with van der Waals surface area (Å²) in [5, 5.41) is 13.3. The molecule has 0 aromatic carbocycles. The molecule has 1 N–H and O–H groups in total. The molecule has 2 rings (SSSR count). The smallest absolute Gasteiger partial charge is 0.328 e.